The van der Waals surface area contributed by atoms with Gasteiger partial charge in [-0.1, -0.05) is 30.3 Å². The fourth-order valence-corrected chi connectivity index (χ4v) is 3.22. The monoisotopic (exact) mass is 417 g/mol. The van der Waals surface area contributed by atoms with Gasteiger partial charge in [0.25, 0.3) is 0 Å². The Hall–Kier alpha value is -3.80. The average Bonchev–Trinajstić information content (AvgIpc) is 2.81. The van der Waals surface area contributed by atoms with Crippen LogP contribution in [-0.2, 0) is 24.4 Å². The lowest BCUT2D eigenvalue weighted by Crippen LogP contribution is -2.09. The number of fused-ring (bicyclic) bond motifs is 1. The molecule has 3 aromatic rings. The highest BCUT2D eigenvalue weighted by Crippen LogP contribution is 2.23. The van der Waals surface area contributed by atoms with Crippen molar-refractivity contribution >= 4 is 12.0 Å². The lowest BCUT2D eigenvalue weighted by molar-refractivity contribution is -0.139. The van der Waals surface area contributed by atoms with Crippen molar-refractivity contribution in [1.29, 1.82) is 0 Å². The van der Waals surface area contributed by atoms with Gasteiger partial charge in [-0.15, -0.1) is 0 Å². The number of carbonyl (C=O) groups is 1. The second-order valence-corrected chi connectivity index (χ2v) is 7.17. The molecular formula is C25H23NO5. The maximum Gasteiger partial charge on any atom is 0.341 e. The number of ether oxygens (including phenoxy) is 3. The smallest absolute Gasteiger partial charge is 0.341 e. The zero-order chi connectivity index (χ0) is 21.5. The van der Waals surface area contributed by atoms with Crippen molar-refractivity contribution in [3.63, 3.8) is 0 Å². The van der Waals surface area contributed by atoms with Crippen molar-refractivity contribution in [3.05, 3.63) is 89.3 Å². The minimum absolute atomic E-state index is 0.361. The summed E-state index contributed by atoms with van der Waals surface area (Å²) >= 11 is 0. The molecule has 0 atom stereocenters. The molecule has 6 nitrogen and oxygen atoms in total. The van der Waals surface area contributed by atoms with Gasteiger partial charge in [-0.3, -0.25) is 0 Å². The Morgan fingerprint density at radius 3 is 2.45 bits per heavy atom. The molecule has 0 bridgehead atoms. The molecule has 1 N–H and O–H groups in total. The molecule has 2 aromatic carbocycles. The third-order valence-electron chi connectivity index (χ3n) is 4.81. The van der Waals surface area contributed by atoms with Crippen molar-refractivity contribution in [3.8, 4) is 17.2 Å². The number of carboxylic acids is 1. The quantitative estimate of drug-likeness (QED) is 0.546. The van der Waals surface area contributed by atoms with Crippen molar-refractivity contribution in [2.75, 3.05) is 6.61 Å². The number of aliphatic carboxylic acids is 1. The zero-order valence-corrected chi connectivity index (χ0v) is 17.0. The molecule has 0 aliphatic heterocycles. The highest BCUT2D eigenvalue weighted by Gasteiger charge is 2.08. The molecule has 1 heterocycles. The van der Waals surface area contributed by atoms with Gasteiger partial charge in [0, 0.05) is 6.07 Å². The Kier molecular flexibility index (Phi) is 6.47. The summed E-state index contributed by atoms with van der Waals surface area (Å²) in [5.41, 5.74) is 4.15. The molecule has 1 aliphatic carbocycles. The van der Waals surface area contributed by atoms with Gasteiger partial charge in [0.05, 0.1) is 11.4 Å². The van der Waals surface area contributed by atoms with Crippen LogP contribution in [0, 0.1) is 0 Å². The first kappa shape index (κ1) is 20.5. The maximum atomic E-state index is 10.5. The van der Waals surface area contributed by atoms with Crippen LogP contribution in [0.15, 0.2) is 66.7 Å². The predicted octanol–water partition coefficient (Wildman–Crippen LogP) is 4.66. The molecule has 0 saturated heterocycles. The molecule has 0 spiro atoms. The van der Waals surface area contributed by atoms with E-state index in [1.165, 1.54) is 5.56 Å². The summed E-state index contributed by atoms with van der Waals surface area (Å²) in [5, 5.41) is 8.65. The van der Waals surface area contributed by atoms with Crippen molar-refractivity contribution in [1.82, 2.24) is 4.98 Å². The molecule has 0 radical (unpaired) electrons. The number of rotatable bonds is 9. The average molecular weight is 417 g/mol. The molecule has 4 rings (SSSR count). The summed E-state index contributed by atoms with van der Waals surface area (Å²) in [6.45, 7) is 0.407. The standard InChI is InChI=1S/C25H23NO5/c27-25(28)17-31-21-12-8-18(9-13-21)15-29-22-5-3-6-23(14-22)30-16-20-11-10-19-4-1-2-7-24(19)26-20/h2-3,5-14H,1,4,15-17H2,(H,27,28). The van der Waals surface area contributed by atoms with Crippen LogP contribution in [0.25, 0.3) is 6.08 Å². The second-order valence-electron chi connectivity index (χ2n) is 7.17. The van der Waals surface area contributed by atoms with Gasteiger partial charge < -0.3 is 19.3 Å². The summed E-state index contributed by atoms with van der Waals surface area (Å²) in [4.78, 5) is 15.2. The van der Waals surface area contributed by atoms with E-state index in [2.05, 4.69) is 23.2 Å². The van der Waals surface area contributed by atoms with Crippen LogP contribution >= 0.6 is 0 Å². The lowest BCUT2D eigenvalue weighted by atomic mass is 10.0. The van der Waals surface area contributed by atoms with E-state index in [-0.39, 0.29) is 6.61 Å². The number of hydrogen-bond acceptors (Lipinski definition) is 5. The van der Waals surface area contributed by atoms with E-state index in [0.29, 0.717) is 30.5 Å². The zero-order valence-electron chi connectivity index (χ0n) is 17.0. The van der Waals surface area contributed by atoms with Crippen LogP contribution in [0.3, 0.4) is 0 Å². The summed E-state index contributed by atoms with van der Waals surface area (Å²) in [6, 6.07) is 18.8. The second kappa shape index (κ2) is 9.80. The van der Waals surface area contributed by atoms with E-state index in [4.69, 9.17) is 19.3 Å². The first-order valence-electron chi connectivity index (χ1n) is 10.1. The first-order chi connectivity index (χ1) is 15.2. The fraction of sp³-hybridized carbons (Fsp3) is 0.200. The normalized spacial score (nSPS) is 12.1. The van der Waals surface area contributed by atoms with Crippen molar-refractivity contribution in [2.45, 2.75) is 26.1 Å². The van der Waals surface area contributed by atoms with E-state index in [1.807, 2.05) is 42.5 Å². The Balaban J connectivity index is 1.30. The van der Waals surface area contributed by atoms with Crippen LogP contribution in [0.1, 0.15) is 28.9 Å². The minimum atomic E-state index is -1.01. The molecule has 31 heavy (non-hydrogen) atoms. The van der Waals surface area contributed by atoms with Gasteiger partial charge in [0.2, 0.25) is 0 Å². The Labute approximate surface area is 180 Å². The lowest BCUT2D eigenvalue weighted by Gasteiger charge is -2.12. The summed E-state index contributed by atoms with van der Waals surface area (Å²) in [6.07, 6.45) is 6.33. The van der Waals surface area contributed by atoms with E-state index >= 15 is 0 Å². The minimum Gasteiger partial charge on any atom is -0.489 e. The number of benzene rings is 2. The van der Waals surface area contributed by atoms with Gasteiger partial charge in [-0.05, 0) is 60.4 Å². The summed E-state index contributed by atoms with van der Waals surface area (Å²) in [7, 11) is 0. The Morgan fingerprint density at radius 2 is 1.68 bits per heavy atom. The number of aromatic nitrogens is 1. The third kappa shape index (κ3) is 5.85. The number of allylic oxidation sites excluding steroid dienone is 1. The molecule has 6 heteroatoms. The molecule has 0 amide bonds. The van der Waals surface area contributed by atoms with Gasteiger partial charge in [0.1, 0.15) is 30.5 Å². The van der Waals surface area contributed by atoms with E-state index < -0.39 is 5.97 Å². The number of nitrogens with zero attached hydrogens (tertiary/aromatic N) is 1. The Bertz CT molecular complexity index is 1080. The number of pyridine rings is 1. The highest BCUT2D eigenvalue weighted by atomic mass is 16.5. The number of hydrogen-bond donors (Lipinski definition) is 1. The molecule has 0 saturated carbocycles. The van der Waals surface area contributed by atoms with Gasteiger partial charge in [0.15, 0.2) is 6.61 Å². The highest BCUT2D eigenvalue weighted by molar-refractivity contribution is 5.68. The van der Waals surface area contributed by atoms with Crippen LogP contribution < -0.4 is 14.2 Å². The van der Waals surface area contributed by atoms with E-state index in [0.717, 1.165) is 29.8 Å². The van der Waals surface area contributed by atoms with Gasteiger partial charge >= 0.3 is 5.97 Å². The molecule has 0 unspecified atom stereocenters. The van der Waals surface area contributed by atoms with E-state index in [1.54, 1.807) is 12.1 Å². The molecule has 0 fully saturated rings. The topological polar surface area (TPSA) is 77.9 Å². The first-order valence-corrected chi connectivity index (χ1v) is 10.1. The summed E-state index contributed by atoms with van der Waals surface area (Å²) < 4.78 is 16.9. The summed E-state index contributed by atoms with van der Waals surface area (Å²) in [5.74, 6) is 0.914. The van der Waals surface area contributed by atoms with E-state index in [9.17, 15) is 4.79 Å². The van der Waals surface area contributed by atoms with Gasteiger partial charge in [-0.25, -0.2) is 9.78 Å². The third-order valence-corrected chi connectivity index (χ3v) is 4.81. The molecule has 1 aromatic heterocycles. The van der Waals surface area contributed by atoms with Crippen LogP contribution in [-0.4, -0.2) is 22.7 Å². The molecule has 1 aliphatic rings. The number of carboxylic acid groups (broad SMARTS) is 1. The predicted molar refractivity (Wildman–Crippen MR) is 116 cm³/mol. The van der Waals surface area contributed by atoms with Crippen LogP contribution in [0.4, 0.5) is 0 Å². The van der Waals surface area contributed by atoms with Crippen LogP contribution in [0.2, 0.25) is 0 Å². The maximum absolute atomic E-state index is 10.5. The number of aryl methyl sites for hydroxylation is 1. The van der Waals surface area contributed by atoms with Crippen molar-refractivity contribution in [2.24, 2.45) is 0 Å². The SMILES string of the molecule is O=C(O)COc1ccc(COc2cccc(OCc3ccc4c(n3)C=CCC4)c2)cc1. The molecular weight excluding hydrogens is 394 g/mol. The fourth-order valence-electron chi connectivity index (χ4n) is 3.22. The largest absolute Gasteiger partial charge is 0.489 e. The Morgan fingerprint density at radius 1 is 0.903 bits per heavy atom. The van der Waals surface area contributed by atoms with Gasteiger partial charge in [-0.2, -0.15) is 0 Å². The van der Waals surface area contributed by atoms with Crippen molar-refractivity contribution < 1.29 is 24.1 Å². The van der Waals surface area contributed by atoms with Crippen LogP contribution in [0.5, 0.6) is 17.2 Å². The molecule has 158 valence electrons.